The number of nitrogens with one attached hydrogen (secondary N) is 1. The average molecular weight is 416 g/mol. The molecule has 1 aliphatic heterocycles. The zero-order valence-corrected chi connectivity index (χ0v) is 16.6. The van der Waals surface area contributed by atoms with Crippen LogP contribution in [0.2, 0.25) is 5.02 Å². The van der Waals surface area contributed by atoms with Gasteiger partial charge in [-0.15, -0.1) is 0 Å². The molecule has 1 amide bonds. The van der Waals surface area contributed by atoms with Crippen molar-refractivity contribution in [3.8, 4) is 0 Å². The Balaban J connectivity index is 1.42. The first-order valence-corrected chi connectivity index (χ1v) is 9.63. The predicted octanol–water partition coefficient (Wildman–Crippen LogP) is 2.52. The monoisotopic (exact) mass is 415 g/mol. The number of hydrogen-bond acceptors (Lipinski definition) is 6. The summed E-state index contributed by atoms with van der Waals surface area (Å²) in [7, 11) is 0. The van der Waals surface area contributed by atoms with Crippen LogP contribution in [0.4, 0.5) is 5.69 Å². The molecule has 29 heavy (non-hydrogen) atoms. The van der Waals surface area contributed by atoms with Gasteiger partial charge in [-0.2, -0.15) is 5.10 Å². The van der Waals surface area contributed by atoms with Crippen molar-refractivity contribution in [2.75, 3.05) is 32.7 Å². The fraction of sp³-hybridized carbons (Fsp3) is 0.300. The van der Waals surface area contributed by atoms with Gasteiger partial charge in [0.2, 0.25) is 0 Å². The zero-order chi connectivity index (χ0) is 20.6. The number of carbonyl (C=O) groups excluding carboxylic acids is 1. The molecular formula is C20H22ClN5O3. The second-order valence-electron chi connectivity index (χ2n) is 6.80. The van der Waals surface area contributed by atoms with E-state index in [1.165, 1.54) is 23.9 Å². The number of nitro benzene ring substituents is 1. The number of nitrogens with zero attached hydrogens (tertiary/aromatic N) is 4. The highest BCUT2D eigenvalue weighted by Gasteiger charge is 2.19. The van der Waals surface area contributed by atoms with Gasteiger partial charge in [0.05, 0.1) is 17.7 Å². The van der Waals surface area contributed by atoms with E-state index in [0.29, 0.717) is 5.56 Å². The van der Waals surface area contributed by atoms with E-state index in [0.717, 1.165) is 32.7 Å². The third-order valence-electron chi connectivity index (χ3n) is 4.65. The minimum Gasteiger partial charge on any atom is -0.297 e. The van der Waals surface area contributed by atoms with Crippen molar-refractivity contribution in [1.82, 2.24) is 15.2 Å². The van der Waals surface area contributed by atoms with Crippen LogP contribution in [0.5, 0.6) is 0 Å². The molecule has 1 fully saturated rings. The van der Waals surface area contributed by atoms with Gasteiger partial charge in [0, 0.05) is 44.4 Å². The van der Waals surface area contributed by atoms with Crippen molar-refractivity contribution >= 4 is 29.4 Å². The van der Waals surface area contributed by atoms with Crippen molar-refractivity contribution < 1.29 is 9.72 Å². The second-order valence-corrected chi connectivity index (χ2v) is 7.21. The lowest BCUT2D eigenvalue weighted by molar-refractivity contribution is -0.384. The summed E-state index contributed by atoms with van der Waals surface area (Å²) in [5.41, 5.74) is 4.04. The fourth-order valence-corrected chi connectivity index (χ4v) is 3.30. The largest absolute Gasteiger partial charge is 0.297 e. The molecule has 9 heteroatoms. The van der Waals surface area contributed by atoms with E-state index in [1.54, 1.807) is 6.07 Å². The smallest absolute Gasteiger partial charge is 0.288 e. The van der Waals surface area contributed by atoms with Crippen LogP contribution in [0.25, 0.3) is 0 Å². The lowest BCUT2D eigenvalue weighted by Gasteiger charge is -2.34. The SMILES string of the molecule is O=C(CN1CCN(Cc2ccccc2)CC1)N/N=C\c1ccc(Cl)c([N+](=O)[O-])c1. The van der Waals surface area contributed by atoms with Crippen LogP contribution < -0.4 is 5.43 Å². The van der Waals surface area contributed by atoms with Crippen LogP contribution in [0.3, 0.4) is 0 Å². The van der Waals surface area contributed by atoms with Gasteiger partial charge in [-0.1, -0.05) is 48.0 Å². The summed E-state index contributed by atoms with van der Waals surface area (Å²) < 4.78 is 0. The van der Waals surface area contributed by atoms with Crippen LogP contribution in [-0.2, 0) is 11.3 Å². The molecule has 0 aromatic heterocycles. The molecule has 0 radical (unpaired) electrons. The van der Waals surface area contributed by atoms with E-state index in [1.807, 2.05) is 18.2 Å². The molecule has 1 aliphatic rings. The van der Waals surface area contributed by atoms with Crippen LogP contribution in [0.1, 0.15) is 11.1 Å². The Morgan fingerprint density at radius 2 is 1.83 bits per heavy atom. The number of rotatable bonds is 7. The van der Waals surface area contributed by atoms with Gasteiger partial charge in [-0.3, -0.25) is 24.7 Å². The summed E-state index contributed by atoms with van der Waals surface area (Å²) in [5.74, 6) is -0.221. The summed E-state index contributed by atoms with van der Waals surface area (Å²) in [4.78, 5) is 26.9. The minimum atomic E-state index is -0.560. The van der Waals surface area contributed by atoms with Gasteiger partial charge >= 0.3 is 0 Å². The van der Waals surface area contributed by atoms with E-state index in [9.17, 15) is 14.9 Å². The van der Waals surface area contributed by atoms with Crippen molar-refractivity contribution in [1.29, 1.82) is 0 Å². The molecular weight excluding hydrogens is 394 g/mol. The number of piperazine rings is 1. The summed E-state index contributed by atoms with van der Waals surface area (Å²) >= 11 is 5.77. The van der Waals surface area contributed by atoms with Crippen molar-refractivity contribution in [3.63, 3.8) is 0 Å². The Kier molecular flexibility index (Phi) is 7.29. The van der Waals surface area contributed by atoms with Gasteiger partial charge in [-0.05, 0) is 11.6 Å². The first-order chi connectivity index (χ1) is 14.0. The maximum atomic E-state index is 12.1. The number of benzene rings is 2. The fourth-order valence-electron chi connectivity index (χ4n) is 3.11. The number of carbonyl (C=O) groups is 1. The Hall–Kier alpha value is -2.81. The van der Waals surface area contributed by atoms with Crippen molar-refractivity contribution in [2.24, 2.45) is 5.10 Å². The van der Waals surface area contributed by atoms with Crippen LogP contribution in [-0.4, -0.2) is 59.6 Å². The Morgan fingerprint density at radius 3 is 2.52 bits per heavy atom. The molecule has 0 bridgehead atoms. The van der Waals surface area contributed by atoms with Crippen LogP contribution in [0.15, 0.2) is 53.6 Å². The van der Waals surface area contributed by atoms with Gasteiger partial charge in [0.25, 0.3) is 11.6 Å². The van der Waals surface area contributed by atoms with Crippen LogP contribution in [0, 0.1) is 10.1 Å². The molecule has 0 aliphatic carbocycles. The lowest BCUT2D eigenvalue weighted by atomic mass is 10.2. The van der Waals surface area contributed by atoms with Crippen molar-refractivity contribution in [2.45, 2.75) is 6.54 Å². The highest BCUT2D eigenvalue weighted by molar-refractivity contribution is 6.32. The van der Waals surface area contributed by atoms with Gasteiger partial charge in [0.1, 0.15) is 5.02 Å². The second kappa shape index (κ2) is 10.1. The maximum Gasteiger partial charge on any atom is 0.288 e. The van der Waals surface area contributed by atoms with E-state index >= 15 is 0 Å². The summed E-state index contributed by atoms with van der Waals surface area (Å²) in [6, 6.07) is 14.7. The van der Waals surface area contributed by atoms with Gasteiger partial charge in [-0.25, -0.2) is 5.43 Å². The normalized spacial score (nSPS) is 15.5. The van der Waals surface area contributed by atoms with Gasteiger partial charge < -0.3 is 0 Å². The number of amides is 1. The molecule has 152 valence electrons. The molecule has 8 nitrogen and oxygen atoms in total. The number of nitro groups is 1. The molecule has 2 aromatic rings. The molecule has 2 aromatic carbocycles. The zero-order valence-electron chi connectivity index (χ0n) is 15.8. The number of halogens is 1. The van der Waals surface area contributed by atoms with E-state index in [-0.39, 0.29) is 23.2 Å². The molecule has 0 saturated carbocycles. The van der Waals surface area contributed by atoms with E-state index < -0.39 is 4.92 Å². The van der Waals surface area contributed by atoms with Gasteiger partial charge in [0.15, 0.2) is 0 Å². The number of hydrogen-bond donors (Lipinski definition) is 1. The molecule has 0 spiro atoms. The summed E-state index contributed by atoms with van der Waals surface area (Å²) in [6.45, 7) is 4.61. The number of hydrazone groups is 1. The lowest BCUT2D eigenvalue weighted by Crippen LogP contribution is -2.48. The molecule has 0 atom stereocenters. The molecule has 0 unspecified atom stereocenters. The van der Waals surface area contributed by atoms with Crippen molar-refractivity contribution in [3.05, 3.63) is 74.8 Å². The predicted molar refractivity (Wildman–Crippen MR) is 112 cm³/mol. The first-order valence-electron chi connectivity index (χ1n) is 9.26. The average Bonchev–Trinajstić information content (AvgIpc) is 2.71. The quantitative estimate of drug-likeness (QED) is 0.426. The molecule has 1 heterocycles. The highest BCUT2D eigenvalue weighted by atomic mass is 35.5. The summed E-state index contributed by atoms with van der Waals surface area (Å²) in [6.07, 6.45) is 1.36. The maximum absolute atomic E-state index is 12.1. The topological polar surface area (TPSA) is 91.1 Å². The van der Waals surface area contributed by atoms with E-state index in [4.69, 9.17) is 11.6 Å². The Bertz CT molecular complexity index is 883. The standard InChI is InChI=1S/C20H22ClN5O3/c21-18-7-6-17(12-19(18)26(28)29)13-22-23-20(27)15-25-10-8-24(9-11-25)14-16-4-2-1-3-5-16/h1-7,12-13H,8-11,14-15H2,(H,23,27)/b22-13-. The Morgan fingerprint density at radius 1 is 1.14 bits per heavy atom. The Labute approximate surface area is 173 Å². The minimum absolute atomic E-state index is 0.0580. The first kappa shape index (κ1) is 20.9. The highest BCUT2D eigenvalue weighted by Crippen LogP contribution is 2.24. The third-order valence-corrected chi connectivity index (χ3v) is 4.97. The molecule has 1 saturated heterocycles. The summed E-state index contributed by atoms with van der Waals surface area (Å²) in [5, 5.41) is 14.8. The molecule has 1 N–H and O–H groups in total. The van der Waals surface area contributed by atoms with E-state index in [2.05, 4.69) is 32.5 Å². The third kappa shape index (κ3) is 6.35. The van der Waals surface area contributed by atoms with Crippen LogP contribution >= 0.6 is 11.6 Å². The molecule has 3 rings (SSSR count).